The van der Waals surface area contributed by atoms with Gasteiger partial charge in [0.05, 0.1) is 13.0 Å². The van der Waals surface area contributed by atoms with Gasteiger partial charge in [-0.05, 0) is 23.3 Å². The first-order chi connectivity index (χ1) is 9.53. The second-order valence-corrected chi connectivity index (χ2v) is 4.95. The maximum atomic E-state index is 12.6. The monoisotopic (exact) mass is 278 g/mol. The number of alkyl halides is 3. The van der Waals surface area contributed by atoms with Gasteiger partial charge in [0, 0.05) is 11.5 Å². The summed E-state index contributed by atoms with van der Waals surface area (Å²) in [5.41, 5.74) is 2.57. The average Bonchev–Trinajstić information content (AvgIpc) is 2.80. The molecule has 0 radical (unpaired) electrons. The highest BCUT2D eigenvalue weighted by molar-refractivity contribution is 5.66. The molecule has 1 aliphatic rings. The van der Waals surface area contributed by atoms with Gasteiger partial charge in [-0.1, -0.05) is 36.4 Å². The molecule has 20 heavy (non-hydrogen) atoms. The Morgan fingerprint density at radius 2 is 1.75 bits per heavy atom. The standard InChI is InChI=1S/C16H13F3O/c17-16(18,19)9-13-10-20-15-7-6-12(8-14(13)15)11-4-2-1-3-5-11/h1-8,13H,9-10H2. The number of hydrogen-bond donors (Lipinski definition) is 0. The van der Waals surface area contributed by atoms with Gasteiger partial charge < -0.3 is 4.74 Å². The molecule has 0 aromatic heterocycles. The second-order valence-electron chi connectivity index (χ2n) is 4.95. The molecule has 0 spiro atoms. The van der Waals surface area contributed by atoms with E-state index in [0.29, 0.717) is 11.3 Å². The van der Waals surface area contributed by atoms with Gasteiger partial charge in [0.2, 0.25) is 0 Å². The summed E-state index contributed by atoms with van der Waals surface area (Å²) < 4.78 is 43.1. The zero-order valence-electron chi connectivity index (χ0n) is 10.7. The Bertz CT molecular complexity index is 605. The van der Waals surface area contributed by atoms with E-state index in [0.717, 1.165) is 11.1 Å². The summed E-state index contributed by atoms with van der Waals surface area (Å²) >= 11 is 0. The Balaban J connectivity index is 1.94. The molecule has 0 bridgehead atoms. The SMILES string of the molecule is FC(F)(F)CC1COc2ccc(-c3ccccc3)cc21. The molecule has 0 fully saturated rings. The van der Waals surface area contributed by atoms with Crippen LogP contribution in [0.1, 0.15) is 17.9 Å². The fourth-order valence-corrected chi connectivity index (χ4v) is 2.54. The summed E-state index contributed by atoms with van der Waals surface area (Å²) in [7, 11) is 0. The minimum atomic E-state index is -4.17. The van der Waals surface area contributed by atoms with E-state index in [-0.39, 0.29) is 6.61 Å². The molecule has 4 heteroatoms. The second kappa shape index (κ2) is 4.85. The van der Waals surface area contributed by atoms with Gasteiger partial charge in [-0.3, -0.25) is 0 Å². The van der Waals surface area contributed by atoms with Gasteiger partial charge in [-0.25, -0.2) is 0 Å². The van der Waals surface area contributed by atoms with Crippen molar-refractivity contribution in [2.24, 2.45) is 0 Å². The normalized spacial score (nSPS) is 17.6. The van der Waals surface area contributed by atoms with E-state index in [1.165, 1.54) is 0 Å². The molecule has 1 aliphatic heterocycles. The van der Waals surface area contributed by atoms with Crippen molar-refractivity contribution >= 4 is 0 Å². The highest BCUT2D eigenvalue weighted by Gasteiger charge is 2.36. The highest BCUT2D eigenvalue weighted by Crippen LogP contribution is 2.42. The van der Waals surface area contributed by atoms with E-state index in [1.807, 2.05) is 42.5 Å². The van der Waals surface area contributed by atoms with Crippen LogP contribution in [-0.2, 0) is 0 Å². The predicted octanol–water partition coefficient (Wildman–Crippen LogP) is 4.78. The lowest BCUT2D eigenvalue weighted by atomic mass is 9.94. The zero-order chi connectivity index (χ0) is 14.2. The van der Waals surface area contributed by atoms with Crippen molar-refractivity contribution in [1.82, 2.24) is 0 Å². The molecule has 1 unspecified atom stereocenters. The summed E-state index contributed by atoms with van der Waals surface area (Å²) in [6.45, 7) is 0.104. The lowest BCUT2D eigenvalue weighted by Crippen LogP contribution is -2.14. The van der Waals surface area contributed by atoms with Crippen LogP contribution in [0.2, 0.25) is 0 Å². The first kappa shape index (κ1) is 13.0. The first-order valence-electron chi connectivity index (χ1n) is 6.42. The van der Waals surface area contributed by atoms with E-state index in [1.54, 1.807) is 6.07 Å². The summed E-state index contributed by atoms with van der Waals surface area (Å²) in [5.74, 6) is -0.0346. The number of benzene rings is 2. The zero-order valence-corrected chi connectivity index (χ0v) is 10.7. The van der Waals surface area contributed by atoms with E-state index in [9.17, 15) is 13.2 Å². The van der Waals surface area contributed by atoms with Crippen molar-refractivity contribution in [1.29, 1.82) is 0 Å². The predicted molar refractivity (Wildman–Crippen MR) is 70.8 cm³/mol. The lowest BCUT2D eigenvalue weighted by molar-refractivity contribution is -0.139. The lowest BCUT2D eigenvalue weighted by Gasteiger charge is -2.12. The average molecular weight is 278 g/mol. The van der Waals surface area contributed by atoms with Crippen LogP contribution in [0.3, 0.4) is 0 Å². The molecular weight excluding hydrogens is 265 g/mol. The Hall–Kier alpha value is -1.97. The summed E-state index contributed by atoms with van der Waals surface area (Å²) in [6, 6.07) is 15.1. The highest BCUT2D eigenvalue weighted by atomic mass is 19.4. The first-order valence-corrected chi connectivity index (χ1v) is 6.42. The molecule has 0 aliphatic carbocycles. The third-order valence-corrected chi connectivity index (χ3v) is 3.47. The van der Waals surface area contributed by atoms with E-state index < -0.39 is 18.5 Å². The van der Waals surface area contributed by atoms with E-state index in [2.05, 4.69) is 0 Å². The van der Waals surface area contributed by atoms with Crippen LogP contribution in [-0.4, -0.2) is 12.8 Å². The molecule has 1 heterocycles. The summed E-state index contributed by atoms with van der Waals surface area (Å²) in [6.07, 6.45) is -5.00. The quantitative estimate of drug-likeness (QED) is 0.768. The minimum absolute atomic E-state index is 0.104. The third-order valence-electron chi connectivity index (χ3n) is 3.47. The van der Waals surface area contributed by atoms with Gasteiger partial charge in [0.15, 0.2) is 0 Å². The van der Waals surface area contributed by atoms with Gasteiger partial charge in [0.25, 0.3) is 0 Å². The molecule has 0 N–H and O–H groups in total. The topological polar surface area (TPSA) is 9.23 Å². The Kier molecular flexibility index (Phi) is 3.16. The van der Waals surface area contributed by atoms with Crippen molar-refractivity contribution in [3.8, 4) is 16.9 Å². The molecular formula is C16H13F3O. The number of halogens is 3. The summed E-state index contributed by atoms with van der Waals surface area (Å²) in [4.78, 5) is 0. The van der Waals surface area contributed by atoms with Crippen LogP contribution >= 0.6 is 0 Å². The van der Waals surface area contributed by atoms with Gasteiger partial charge in [-0.2, -0.15) is 13.2 Å². The smallest absolute Gasteiger partial charge is 0.389 e. The van der Waals surface area contributed by atoms with E-state index in [4.69, 9.17) is 4.74 Å². The number of fused-ring (bicyclic) bond motifs is 1. The van der Waals surface area contributed by atoms with E-state index >= 15 is 0 Å². The van der Waals surface area contributed by atoms with Gasteiger partial charge in [0.1, 0.15) is 5.75 Å². The van der Waals surface area contributed by atoms with Crippen molar-refractivity contribution in [3.05, 3.63) is 54.1 Å². The number of rotatable bonds is 2. The number of hydrogen-bond acceptors (Lipinski definition) is 1. The molecule has 2 aromatic carbocycles. The molecule has 2 aromatic rings. The van der Waals surface area contributed by atoms with Gasteiger partial charge in [-0.15, -0.1) is 0 Å². The Morgan fingerprint density at radius 1 is 1.00 bits per heavy atom. The largest absolute Gasteiger partial charge is 0.493 e. The van der Waals surface area contributed by atoms with Crippen LogP contribution in [0, 0.1) is 0 Å². The number of ether oxygens (including phenoxy) is 1. The molecule has 0 amide bonds. The molecule has 1 nitrogen and oxygen atoms in total. The molecule has 1 atom stereocenters. The maximum absolute atomic E-state index is 12.6. The van der Waals surface area contributed by atoms with Gasteiger partial charge >= 0.3 is 6.18 Å². The minimum Gasteiger partial charge on any atom is -0.493 e. The van der Waals surface area contributed by atoms with Crippen molar-refractivity contribution in [2.75, 3.05) is 6.61 Å². The molecule has 3 rings (SSSR count). The fourth-order valence-electron chi connectivity index (χ4n) is 2.54. The third kappa shape index (κ3) is 2.64. The van der Waals surface area contributed by atoms with Crippen molar-refractivity contribution in [3.63, 3.8) is 0 Å². The van der Waals surface area contributed by atoms with Crippen LogP contribution in [0.25, 0.3) is 11.1 Å². The fraction of sp³-hybridized carbons (Fsp3) is 0.250. The van der Waals surface area contributed by atoms with Crippen molar-refractivity contribution in [2.45, 2.75) is 18.5 Å². The summed E-state index contributed by atoms with van der Waals surface area (Å²) in [5, 5.41) is 0. The Labute approximate surface area is 115 Å². The van der Waals surface area contributed by atoms with Crippen molar-refractivity contribution < 1.29 is 17.9 Å². The van der Waals surface area contributed by atoms with Crippen LogP contribution < -0.4 is 4.74 Å². The van der Waals surface area contributed by atoms with Crippen LogP contribution in [0.15, 0.2) is 48.5 Å². The molecule has 0 saturated heterocycles. The molecule has 0 saturated carbocycles. The van der Waals surface area contributed by atoms with Crippen LogP contribution in [0.5, 0.6) is 5.75 Å². The maximum Gasteiger partial charge on any atom is 0.389 e. The van der Waals surface area contributed by atoms with Crippen LogP contribution in [0.4, 0.5) is 13.2 Å². The molecule has 104 valence electrons. The Morgan fingerprint density at radius 3 is 2.45 bits per heavy atom.